The highest BCUT2D eigenvalue weighted by molar-refractivity contribution is 5.98. The van der Waals surface area contributed by atoms with Gasteiger partial charge in [-0.2, -0.15) is 10.2 Å². The zero-order valence-electron chi connectivity index (χ0n) is 8.28. The second-order valence-corrected chi connectivity index (χ2v) is 3.10. The molecule has 0 aromatic heterocycles. The van der Waals surface area contributed by atoms with Gasteiger partial charge in [-0.25, -0.2) is 0 Å². The molecule has 13 heavy (non-hydrogen) atoms. The Kier molecular flexibility index (Phi) is 3.38. The zero-order chi connectivity index (χ0) is 9.68. The van der Waals surface area contributed by atoms with Crippen molar-refractivity contribution in [3.05, 3.63) is 35.9 Å². The van der Waals surface area contributed by atoms with Crippen LogP contribution in [0.4, 0.5) is 0 Å². The summed E-state index contributed by atoms with van der Waals surface area (Å²) in [6.45, 7) is 5.82. The summed E-state index contributed by atoms with van der Waals surface area (Å²) in [6, 6.07) is 10.0. The summed E-state index contributed by atoms with van der Waals surface area (Å²) < 4.78 is 0. The SMILES string of the molecule is CC(C)=N/N=C(\C)c1ccccc1. The van der Waals surface area contributed by atoms with Crippen LogP contribution in [0.5, 0.6) is 0 Å². The molecule has 1 aromatic carbocycles. The monoisotopic (exact) mass is 174 g/mol. The van der Waals surface area contributed by atoms with E-state index in [1.807, 2.05) is 51.1 Å². The summed E-state index contributed by atoms with van der Waals surface area (Å²) in [5, 5.41) is 8.10. The molecule has 0 saturated carbocycles. The van der Waals surface area contributed by atoms with E-state index in [9.17, 15) is 0 Å². The molecule has 0 radical (unpaired) electrons. The molecule has 0 fully saturated rings. The third kappa shape index (κ3) is 3.20. The van der Waals surface area contributed by atoms with Crippen molar-refractivity contribution in [2.45, 2.75) is 20.8 Å². The van der Waals surface area contributed by atoms with Crippen molar-refractivity contribution in [2.24, 2.45) is 10.2 Å². The van der Waals surface area contributed by atoms with Crippen LogP contribution in [0, 0.1) is 0 Å². The maximum atomic E-state index is 4.10. The van der Waals surface area contributed by atoms with Crippen LogP contribution in [-0.4, -0.2) is 11.4 Å². The van der Waals surface area contributed by atoms with Gasteiger partial charge in [0.25, 0.3) is 0 Å². The first-order chi connectivity index (χ1) is 6.20. The Balaban J connectivity index is 2.86. The van der Waals surface area contributed by atoms with Gasteiger partial charge in [-0.1, -0.05) is 30.3 Å². The summed E-state index contributed by atoms with van der Waals surface area (Å²) in [4.78, 5) is 0. The van der Waals surface area contributed by atoms with Crippen LogP contribution in [0.3, 0.4) is 0 Å². The normalized spacial score (nSPS) is 11.2. The van der Waals surface area contributed by atoms with E-state index in [4.69, 9.17) is 0 Å². The first-order valence-electron chi connectivity index (χ1n) is 4.31. The van der Waals surface area contributed by atoms with Gasteiger partial charge in [0.05, 0.1) is 5.71 Å². The van der Waals surface area contributed by atoms with Crippen molar-refractivity contribution < 1.29 is 0 Å². The number of rotatable bonds is 2. The van der Waals surface area contributed by atoms with Gasteiger partial charge in [0.1, 0.15) is 0 Å². The van der Waals surface area contributed by atoms with Crippen LogP contribution in [0.25, 0.3) is 0 Å². The molecule has 1 aromatic rings. The predicted molar refractivity (Wildman–Crippen MR) is 57.4 cm³/mol. The van der Waals surface area contributed by atoms with E-state index in [0.717, 1.165) is 17.0 Å². The average molecular weight is 174 g/mol. The van der Waals surface area contributed by atoms with Crippen molar-refractivity contribution in [1.29, 1.82) is 0 Å². The number of hydrogen-bond donors (Lipinski definition) is 0. The van der Waals surface area contributed by atoms with Gasteiger partial charge in [-0.3, -0.25) is 0 Å². The van der Waals surface area contributed by atoms with Crippen LogP contribution in [0.2, 0.25) is 0 Å². The van der Waals surface area contributed by atoms with Crippen LogP contribution in [0.1, 0.15) is 26.3 Å². The van der Waals surface area contributed by atoms with E-state index >= 15 is 0 Å². The number of benzene rings is 1. The molecule has 0 amide bonds. The maximum absolute atomic E-state index is 4.10. The van der Waals surface area contributed by atoms with Crippen molar-refractivity contribution in [3.63, 3.8) is 0 Å². The molecule has 0 aliphatic carbocycles. The molecular formula is C11H14N2. The predicted octanol–water partition coefficient (Wildman–Crippen LogP) is 2.89. The molecule has 0 N–H and O–H groups in total. The molecule has 2 heteroatoms. The highest BCUT2D eigenvalue weighted by atomic mass is 15.2. The molecule has 0 bridgehead atoms. The Morgan fingerprint density at radius 3 is 2.08 bits per heavy atom. The van der Waals surface area contributed by atoms with Gasteiger partial charge >= 0.3 is 0 Å². The fourth-order valence-corrected chi connectivity index (χ4v) is 0.912. The zero-order valence-corrected chi connectivity index (χ0v) is 8.28. The first kappa shape index (κ1) is 9.65. The molecule has 0 atom stereocenters. The first-order valence-corrected chi connectivity index (χ1v) is 4.31. The molecule has 0 saturated heterocycles. The minimum atomic E-state index is 0.946. The lowest BCUT2D eigenvalue weighted by atomic mass is 10.1. The van der Waals surface area contributed by atoms with Crippen molar-refractivity contribution in [1.82, 2.24) is 0 Å². The second kappa shape index (κ2) is 4.55. The molecule has 68 valence electrons. The van der Waals surface area contributed by atoms with Crippen LogP contribution >= 0.6 is 0 Å². The average Bonchev–Trinajstić information content (AvgIpc) is 2.15. The van der Waals surface area contributed by atoms with Gasteiger partial charge < -0.3 is 0 Å². The van der Waals surface area contributed by atoms with E-state index in [0.29, 0.717) is 0 Å². The summed E-state index contributed by atoms with van der Waals surface area (Å²) in [7, 11) is 0. The van der Waals surface area contributed by atoms with E-state index in [-0.39, 0.29) is 0 Å². The van der Waals surface area contributed by atoms with Gasteiger partial charge in [0.2, 0.25) is 0 Å². The molecular weight excluding hydrogens is 160 g/mol. The molecule has 0 aliphatic heterocycles. The standard InChI is InChI=1S/C11H14N2/c1-9(2)12-13-10(3)11-7-5-4-6-8-11/h4-8H,1-3H3/b13-10+. The minimum absolute atomic E-state index is 0.946. The van der Waals surface area contributed by atoms with Gasteiger partial charge in [0.15, 0.2) is 0 Å². The van der Waals surface area contributed by atoms with Crippen LogP contribution in [0.15, 0.2) is 40.5 Å². The fourth-order valence-electron chi connectivity index (χ4n) is 0.912. The van der Waals surface area contributed by atoms with Crippen molar-refractivity contribution >= 4 is 11.4 Å². The van der Waals surface area contributed by atoms with Crippen LogP contribution < -0.4 is 0 Å². The topological polar surface area (TPSA) is 24.7 Å². The minimum Gasteiger partial charge on any atom is -0.160 e. The second-order valence-electron chi connectivity index (χ2n) is 3.10. The van der Waals surface area contributed by atoms with Crippen LogP contribution in [-0.2, 0) is 0 Å². The Labute approximate surface area is 79.0 Å². The Bertz CT molecular complexity index is 319. The highest BCUT2D eigenvalue weighted by Gasteiger charge is 1.93. The lowest BCUT2D eigenvalue weighted by Crippen LogP contribution is -1.93. The maximum Gasteiger partial charge on any atom is 0.0671 e. The molecule has 0 heterocycles. The summed E-state index contributed by atoms with van der Waals surface area (Å²) in [5.41, 5.74) is 3.03. The lowest BCUT2D eigenvalue weighted by molar-refractivity contribution is 1.21. The van der Waals surface area contributed by atoms with E-state index in [2.05, 4.69) is 10.2 Å². The quantitative estimate of drug-likeness (QED) is 0.486. The van der Waals surface area contributed by atoms with Gasteiger partial charge in [0, 0.05) is 5.71 Å². The van der Waals surface area contributed by atoms with Crippen molar-refractivity contribution in [3.8, 4) is 0 Å². The summed E-state index contributed by atoms with van der Waals surface area (Å²) >= 11 is 0. The van der Waals surface area contributed by atoms with Gasteiger partial charge in [-0.15, -0.1) is 0 Å². The number of nitrogens with zero attached hydrogens (tertiary/aromatic N) is 2. The molecule has 2 nitrogen and oxygen atoms in total. The molecule has 0 spiro atoms. The third-order valence-electron chi connectivity index (χ3n) is 1.59. The highest BCUT2D eigenvalue weighted by Crippen LogP contribution is 2.00. The van der Waals surface area contributed by atoms with E-state index < -0.39 is 0 Å². The third-order valence-corrected chi connectivity index (χ3v) is 1.59. The summed E-state index contributed by atoms with van der Waals surface area (Å²) in [6.07, 6.45) is 0. The lowest BCUT2D eigenvalue weighted by Gasteiger charge is -1.96. The van der Waals surface area contributed by atoms with Crippen molar-refractivity contribution in [2.75, 3.05) is 0 Å². The van der Waals surface area contributed by atoms with Gasteiger partial charge in [-0.05, 0) is 26.3 Å². The molecule has 1 rings (SSSR count). The Hall–Kier alpha value is -1.44. The fraction of sp³-hybridized carbons (Fsp3) is 0.273. The molecule has 0 unspecified atom stereocenters. The molecule has 0 aliphatic rings. The smallest absolute Gasteiger partial charge is 0.0671 e. The van der Waals surface area contributed by atoms with E-state index in [1.165, 1.54) is 0 Å². The number of hydrogen-bond acceptors (Lipinski definition) is 2. The largest absolute Gasteiger partial charge is 0.160 e. The Morgan fingerprint density at radius 1 is 0.923 bits per heavy atom. The van der Waals surface area contributed by atoms with E-state index in [1.54, 1.807) is 0 Å². The summed E-state index contributed by atoms with van der Waals surface area (Å²) in [5.74, 6) is 0. The Morgan fingerprint density at radius 2 is 1.54 bits per heavy atom.